The predicted molar refractivity (Wildman–Crippen MR) is 113 cm³/mol. The molecule has 0 unspecified atom stereocenters. The first-order valence-electron chi connectivity index (χ1n) is 9.91. The zero-order valence-corrected chi connectivity index (χ0v) is 17.9. The number of hydrogen-bond donors (Lipinski definition) is 0. The van der Waals surface area contributed by atoms with Crippen LogP contribution in [0.1, 0.15) is 26.3 Å². The molecule has 2 aromatic carbocycles. The Labute approximate surface area is 175 Å². The number of methoxy groups -OCH3 is 2. The number of fused-ring (bicyclic) bond motifs is 1. The van der Waals surface area contributed by atoms with Crippen molar-refractivity contribution in [2.45, 2.75) is 33.2 Å². The maximum absolute atomic E-state index is 11.7. The summed E-state index contributed by atoms with van der Waals surface area (Å²) in [6.07, 6.45) is 0.848. The van der Waals surface area contributed by atoms with Gasteiger partial charge >= 0.3 is 0 Å². The van der Waals surface area contributed by atoms with Crippen molar-refractivity contribution < 1.29 is 23.8 Å². The highest BCUT2D eigenvalue weighted by molar-refractivity contribution is 5.80. The van der Waals surface area contributed by atoms with Crippen LogP contribution in [0.15, 0.2) is 51.9 Å². The monoisotopic (exact) mass is 408 g/mol. The third-order valence-corrected chi connectivity index (χ3v) is 5.04. The van der Waals surface area contributed by atoms with Crippen LogP contribution < -0.4 is 19.9 Å². The molecule has 0 fully saturated rings. The Bertz CT molecular complexity index is 1130. The minimum absolute atomic E-state index is 0.207. The van der Waals surface area contributed by atoms with Gasteiger partial charge in [-0.25, -0.2) is 0 Å². The fraction of sp³-hybridized carbons (Fsp3) is 0.333. The van der Waals surface area contributed by atoms with Crippen LogP contribution in [0.2, 0.25) is 0 Å². The average molecular weight is 408 g/mol. The van der Waals surface area contributed by atoms with Gasteiger partial charge in [-0.1, -0.05) is 26.8 Å². The molecule has 1 atom stereocenters. The molecule has 0 spiro atoms. The standard InChI is InChI=1S/C24H27NO5/c1-6-15-7-9-19-17(11-15)18(25-23(14(2)3)24(26)27)13-21(30-19)16-8-10-20(28-4)22(12-16)29-5/h7-14,23H,6H2,1-5H3,(H,26,27)/p-1/t23-/m0/s1. The Morgan fingerprint density at radius 1 is 1.07 bits per heavy atom. The van der Waals surface area contributed by atoms with E-state index in [2.05, 4.69) is 11.9 Å². The van der Waals surface area contributed by atoms with Crippen LogP contribution in [0.3, 0.4) is 0 Å². The molecule has 0 N–H and O–H groups in total. The topological polar surface area (TPSA) is 84.1 Å². The summed E-state index contributed by atoms with van der Waals surface area (Å²) in [6.45, 7) is 5.68. The van der Waals surface area contributed by atoms with E-state index >= 15 is 0 Å². The number of ether oxygens (including phenoxy) is 2. The van der Waals surface area contributed by atoms with Crippen molar-refractivity contribution in [3.8, 4) is 22.8 Å². The van der Waals surface area contributed by atoms with Gasteiger partial charge in [0.1, 0.15) is 11.3 Å². The fourth-order valence-corrected chi connectivity index (χ4v) is 3.30. The Hall–Kier alpha value is -3.28. The predicted octanol–water partition coefficient (Wildman–Crippen LogP) is 3.35. The molecule has 6 heteroatoms. The van der Waals surface area contributed by atoms with Gasteiger partial charge in [0, 0.05) is 17.0 Å². The van der Waals surface area contributed by atoms with Crippen molar-refractivity contribution in [1.29, 1.82) is 0 Å². The molecule has 0 saturated carbocycles. The second-order valence-corrected chi connectivity index (χ2v) is 7.39. The molecule has 3 rings (SSSR count). The van der Waals surface area contributed by atoms with Crippen molar-refractivity contribution in [3.63, 3.8) is 0 Å². The SMILES string of the molecule is CCc1ccc2oc(-c3ccc(OC)c(OC)c3)cc(=N[C@H](C(=O)[O-])C(C)C)c2c1. The summed E-state index contributed by atoms with van der Waals surface area (Å²) in [5.41, 5.74) is 2.50. The number of benzene rings is 2. The summed E-state index contributed by atoms with van der Waals surface area (Å²) in [5, 5.41) is 13.0. The third-order valence-electron chi connectivity index (χ3n) is 5.04. The first-order chi connectivity index (χ1) is 14.4. The summed E-state index contributed by atoms with van der Waals surface area (Å²) in [5.74, 6) is 0.322. The van der Waals surface area contributed by atoms with Crippen molar-refractivity contribution in [2.75, 3.05) is 14.2 Å². The number of carboxylic acids is 1. The molecule has 0 aliphatic carbocycles. The third kappa shape index (κ3) is 4.32. The first-order valence-corrected chi connectivity index (χ1v) is 9.91. The van der Waals surface area contributed by atoms with Gasteiger partial charge in [-0.3, -0.25) is 4.99 Å². The van der Waals surface area contributed by atoms with Gasteiger partial charge in [-0.2, -0.15) is 0 Å². The molecule has 30 heavy (non-hydrogen) atoms. The lowest BCUT2D eigenvalue weighted by atomic mass is 10.0. The van der Waals surface area contributed by atoms with Crippen molar-refractivity contribution in [2.24, 2.45) is 10.9 Å². The maximum atomic E-state index is 11.7. The summed E-state index contributed by atoms with van der Waals surface area (Å²) in [4.78, 5) is 16.2. The van der Waals surface area contributed by atoms with Gasteiger partial charge in [-0.15, -0.1) is 0 Å². The highest BCUT2D eigenvalue weighted by Crippen LogP contribution is 2.33. The van der Waals surface area contributed by atoms with Gasteiger partial charge in [-0.05, 0) is 48.2 Å². The number of carbonyl (C=O) groups is 1. The van der Waals surface area contributed by atoms with Crippen LogP contribution in [0.5, 0.6) is 11.5 Å². The number of carboxylic acid groups (broad SMARTS) is 1. The van der Waals surface area contributed by atoms with Crippen molar-refractivity contribution >= 4 is 16.9 Å². The molecule has 158 valence electrons. The summed E-state index contributed by atoms with van der Waals surface area (Å²) in [6, 6.07) is 12.1. The molecule has 0 aliphatic rings. The number of hydrogen-bond acceptors (Lipinski definition) is 6. The van der Waals surface area contributed by atoms with E-state index in [4.69, 9.17) is 13.9 Å². The Kier molecular flexibility index (Phi) is 6.45. The number of nitrogens with zero attached hydrogens (tertiary/aromatic N) is 1. The molecule has 0 amide bonds. The van der Waals surface area contributed by atoms with Gasteiger partial charge in [0.05, 0.1) is 31.6 Å². The van der Waals surface area contributed by atoms with E-state index < -0.39 is 12.0 Å². The molecular formula is C24H26NO5-. The van der Waals surface area contributed by atoms with Crippen LogP contribution in [0.25, 0.3) is 22.3 Å². The van der Waals surface area contributed by atoms with E-state index in [1.54, 1.807) is 26.4 Å². The van der Waals surface area contributed by atoms with E-state index in [9.17, 15) is 9.90 Å². The molecule has 6 nitrogen and oxygen atoms in total. The largest absolute Gasteiger partial charge is 0.548 e. The second-order valence-electron chi connectivity index (χ2n) is 7.39. The van der Waals surface area contributed by atoms with Crippen LogP contribution in [-0.2, 0) is 11.2 Å². The lowest BCUT2D eigenvalue weighted by Crippen LogP contribution is -2.39. The van der Waals surface area contributed by atoms with Gasteiger partial charge in [0.25, 0.3) is 0 Å². The minimum atomic E-state index is -1.20. The fourth-order valence-electron chi connectivity index (χ4n) is 3.30. The summed E-state index contributed by atoms with van der Waals surface area (Å²) < 4.78 is 16.8. The number of carbonyl (C=O) groups excluding carboxylic acids is 1. The minimum Gasteiger partial charge on any atom is -0.548 e. The molecular weight excluding hydrogens is 382 g/mol. The van der Waals surface area contributed by atoms with Crippen molar-refractivity contribution in [3.05, 3.63) is 53.4 Å². The zero-order valence-electron chi connectivity index (χ0n) is 17.9. The molecule has 1 heterocycles. The summed E-state index contributed by atoms with van der Waals surface area (Å²) in [7, 11) is 3.14. The molecule has 0 aliphatic heterocycles. The van der Waals surface area contributed by atoms with Crippen LogP contribution in [-0.4, -0.2) is 26.2 Å². The van der Waals surface area contributed by atoms with Crippen molar-refractivity contribution in [1.82, 2.24) is 0 Å². The highest BCUT2D eigenvalue weighted by atomic mass is 16.5. The number of rotatable bonds is 7. The van der Waals surface area contributed by atoms with E-state index in [1.807, 2.05) is 44.2 Å². The molecule has 0 radical (unpaired) electrons. The van der Waals surface area contributed by atoms with Gasteiger partial charge in [0.15, 0.2) is 11.5 Å². The van der Waals surface area contributed by atoms with E-state index in [1.165, 1.54) is 0 Å². The first kappa shape index (κ1) is 21.4. The Morgan fingerprint density at radius 3 is 2.40 bits per heavy atom. The normalized spacial score (nSPS) is 12.9. The van der Waals surface area contributed by atoms with E-state index in [0.717, 1.165) is 22.9 Å². The molecule has 0 bridgehead atoms. The van der Waals surface area contributed by atoms with Crippen LogP contribution >= 0.6 is 0 Å². The number of aliphatic carboxylic acids is 1. The maximum Gasteiger partial charge on any atom is 0.161 e. The van der Waals surface area contributed by atoms with Gasteiger partial charge < -0.3 is 23.8 Å². The lowest BCUT2D eigenvalue weighted by molar-refractivity contribution is -0.308. The second kappa shape index (κ2) is 9.03. The zero-order chi connectivity index (χ0) is 21.8. The van der Waals surface area contributed by atoms with Gasteiger partial charge in [0.2, 0.25) is 0 Å². The van der Waals surface area contributed by atoms with Crippen LogP contribution in [0.4, 0.5) is 0 Å². The highest BCUT2D eigenvalue weighted by Gasteiger charge is 2.15. The lowest BCUT2D eigenvalue weighted by Gasteiger charge is -2.17. The average Bonchev–Trinajstić information content (AvgIpc) is 2.75. The quantitative estimate of drug-likeness (QED) is 0.599. The smallest absolute Gasteiger partial charge is 0.161 e. The Balaban J connectivity index is 2.29. The molecule has 1 aromatic heterocycles. The summed E-state index contributed by atoms with van der Waals surface area (Å²) >= 11 is 0. The molecule has 3 aromatic rings. The Morgan fingerprint density at radius 2 is 1.80 bits per heavy atom. The van der Waals surface area contributed by atoms with E-state index in [0.29, 0.717) is 28.2 Å². The van der Waals surface area contributed by atoms with E-state index in [-0.39, 0.29) is 5.92 Å². The van der Waals surface area contributed by atoms with Crippen LogP contribution in [0, 0.1) is 5.92 Å². The molecule has 0 saturated heterocycles. The number of aryl methyl sites for hydroxylation is 1.